The lowest BCUT2D eigenvalue weighted by atomic mass is 9.89. The number of nitrogens with zero attached hydrogens (tertiary/aromatic N) is 8. The molecule has 1 atom stereocenters. The molecule has 0 radical (unpaired) electrons. The molecule has 4 aromatic rings. The van der Waals surface area contributed by atoms with Crippen molar-refractivity contribution in [3.05, 3.63) is 126 Å². The topological polar surface area (TPSA) is 80.6 Å². The first-order valence-corrected chi connectivity index (χ1v) is 20.6. The molecule has 0 amide bonds. The van der Waals surface area contributed by atoms with E-state index in [-0.39, 0.29) is 5.92 Å². The normalized spacial score (nSPS) is 19.4. The minimum atomic E-state index is 0.168. The lowest BCUT2D eigenvalue weighted by Gasteiger charge is -2.40. The molecule has 11 heteroatoms. The smallest absolute Gasteiger partial charge is 0.227 e. The highest BCUT2D eigenvalue weighted by molar-refractivity contribution is 6.32. The third-order valence-electron chi connectivity index (χ3n) is 12.3. The lowest BCUT2D eigenvalue weighted by molar-refractivity contribution is 0.145. The molecule has 4 aliphatic rings. The molecule has 2 aromatic heterocycles. The van der Waals surface area contributed by atoms with Crippen molar-refractivity contribution in [3.8, 4) is 0 Å². The van der Waals surface area contributed by atoms with Crippen molar-refractivity contribution < 1.29 is 0 Å². The summed E-state index contributed by atoms with van der Waals surface area (Å²) in [6, 6.07) is 12.9. The summed E-state index contributed by atoms with van der Waals surface area (Å²) in [5.41, 5.74) is 11.9. The molecule has 0 bridgehead atoms. The van der Waals surface area contributed by atoms with Crippen LogP contribution < -0.4 is 20.4 Å². The maximum absolute atomic E-state index is 6.65. The molecular weight excluding hydrogens is 728 g/mol. The molecule has 8 rings (SSSR count). The van der Waals surface area contributed by atoms with Gasteiger partial charge in [0.15, 0.2) is 5.82 Å². The Bertz CT molecular complexity index is 2270. The van der Waals surface area contributed by atoms with E-state index in [0.29, 0.717) is 16.8 Å². The van der Waals surface area contributed by atoms with E-state index in [1.165, 1.54) is 11.0 Å². The van der Waals surface area contributed by atoms with Crippen LogP contribution in [0.5, 0.6) is 0 Å². The number of piperidine rings is 2. The van der Waals surface area contributed by atoms with Gasteiger partial charge < -0.3 is 25.3 Å². The molecule has 0 saturated carbocycles. The van der Waals surface area contributed by atoms with Gasteiger partial charge in [-0.15, -0.1) is 6.58 Å². The molecule has 10 nitrogen and oxygen atoms in total. The van der Waals surface area contributed by atoms with Crippen molar-refractivity contribution >= 4 is 57.4 Å². The summed E-state index contributed by atoms with van der Waals surface area (Å²) in [5, 5.41) is 13.5. The van der Waals surface area contributed by atoms with Gasteiger partial charge in [0, 0.05) is 117 Å². The third-order valence-corrected chi connectivity index (χ3v) is 12.6. The summed E-state index contributed by atoms with van der Waals surface area (Å²) in [6.07, 6.45) is 11.8. The van der Waals surface area contributed by atoms with E-state index in [2.05, 4.69) is 118 Å². The molecule has 1 unspecified atom stereocenters. The fourth-order valence-corrected chi connectivity index (χ4v) is 9.11. The second kappa shape index (κ2) is 16.3. The van der Waals surface area contributed by atoms with Crippen LogP contribution in [0.15, 0.2) is 104 Å². The fourth-order valence-electron chi connectivity index (χ4n) is 8.97. The zero-order valence-corrected chi connectivity index (χ0v) is 34.3. The average Bonchev–Trinajstić information content (AvgIpc) is 3.55. The van der Waals surface area contributed by atoms with Gasteiger partial charge in [-0.3, -0.25) is 9.58 Å². The molecule has 296 valence electrons. The molecule has 3 saturated heterocycles. The van der Waals surface area contributed by atoms with Gasteiger partial charge in [-0.05, 0) is 74.3 Å². The molecule has 2 N–H and O–H groups in total. The van der Waals surface area contributed by atoms with Crippen LogP contribution in [-0.4, -0.2) is 82.4 Å². The van der Waals surface area contributed by atoms with Crippen LogP contribution in [0, 0.1) is 5.92 Å². The molecule has 4 aliphatic heterocycles. The Kier molecular flexibility index (Phi) is 11.0. The van der Waals surface area contributed by atoms with Crippen molar-refractivity contribution in [3.63, 3.8) is 0 Å². The second-order valence-corrected chi connectivity index (χ2v) is 16.4. The van der Waals surface area contributed by atoms with Crippen molar-refractivity contribution in [1.82, 2.24) is 34.9 Å². The van der Waals surface area contributed by atoms with Crippen LogP contribution in [-0.2, 0) is 7.05 Å². The van der Waals surface area contributed by atoms with Crippen molar-refractivity contribution in [2.45, 2.75) is 44.4 Å². The number of aromatic nitrogens is 4. The highest BCUT2D eigenvalue weighted by atomic mass is 35.5. The van der Waals surface area contributed by atoms with Crippen molar-refractivity contribution in [2.75, 3.05) is 68.0 Å². The van der Waals surface area contributed by atoms with Gasteiger partial charge >= 0.3 is 0 Å². The zero-order chi connectivity index (χ0) is 39.8. The highest BCUT2D eigenvalue weighted by Crippen LogP contribution is 2.39. The molecular formula is C46H55ClN10. The summed E-state index contributed by atoms with van der Waals surface area (Å²) >= 11 is 6.65. The van der Waals surface area contributed by atoms with Gasteiger partial charge in [0.2, 0.25) is 5.95 Å². The van der Waals surface area contributed by atoms with Crippen molar-refractivity contribution in [2.24, 2.45) is 13.0 Å². The Morgan fingerprint density at radius 2 is 1.81 bits per heavy atom. The summed E-state index contributed by atoms with van der Waals surface area (Å²) in [5.74, 6) is 2.14. The van der Waals surface area contributed by atoms with E-state index in [9.17, 15) is 0 Å². The number of nitrogens with one attached hydrogen (secondary N) is 2. The quantitative estimate of drug-likeness (QED) is 0.145. The number of halogens is 1. The predicted octanol–water partition coefficient (Wildman–Crippen LogP) is 9.07. The largest absolute Gasteiger partial charge is 0.369 e. The Labute approximate surface area is 342 Å². The van der Waals surface area contributed by atoms with E-state index >= 15 is 0 Å². The second-order valence-electron chi connectivity index (χ2n) is 16.0. The molecule has 6 heterocycles. The molecule has 0 aliphatic carbocycles. The first-order chi connectivity index (χ1) is 27.6. The summed E-state index contributed by atoms with van der Waals surface area (Å²) in [4.78, 5) is 19.1. The number of rotatable bonds is 11. The number of fused-ring (bicyclic) bond motifs is 2. The number of allylic oxidation sites excluding steroid dienone is 4. The van der Waals surface area contributed by atoms with Crippen LogP contribution in [0.4, 0.5) is 23.1 Å². The molecule has 0 spiro atoms. The Balaban J connectivity index is 0.851. The van der Waals surface area contributed by atoms with Gasteiger partial charge in [-0.2, -0.15) is 10.1 Å². The van der Waals surface area contributed by atoms with Crippen LogP contribution in [0.3, 0.4) is 0 Å². The maximum atomic E-state index is 6.65. The monoisotopic (exact) mass is 782 g/mol. The highest BCUT2D eigenvalue weighted by Gasteiger charge is 2.29. The fraction of sp³-hybridized carbons (Fsp3) is 0.370. The standard InChI is InChI=1S/C46H55ClN10/c1-8-9-11-35-26-36-27-37(15-17-42(36)53(6)32(35)4)50-45-41(47)28-48-46(51-45)57-20-18-34(19-21-57)29-55-22-24-56(25-23-55)33(5)39-12-10-13-40-43(52-54(7)44(39)40)38-16-14-30(2)49-31(38)3/h8,10,12-13,15,17,26-28,34,38,49H,1-5,9,11,14,16,18-25,29H2,6-7H3,(H,48,50,51). The first-order valence-electron chi connectivity index (χ1n) is 20.3. The van der Waals surface area contributed by atoms with Gasteiger partial charge in [0.05, 0.1) is 17.4 Å². The Hall–Kier alpha value is -5.32. The Morgan fingerprint density at radius 3 is 2.56 bits per heavy atom. The van der Waals surface area contributed by atoms with Crippen LogP contribution in [0.1, 0.15) is 61.3 Å². The van der Waals surface area contributed by atoms with Gasteiger partial charge in [0.1, 0.15) is 5.02 Å². The molecule has 57 heavy (non-hydrogen) atoms. The van der Waals surface area contributed by atoms with E-state index < -0.39 is 0 Å². The van der Waals surface area contributed by atoms with E-state index in [1.807, 2.05) is 17.8 Å². The Morgan fingerprint density at radius 1 is 1.02 bits per heavy atom. The number of piperazine rings is 1. The van der Waals surface area contributed by atoms with Crippen LogP contribution in [0.25, 0.3) is 22.7 Å². The van der Waals surface area contributed by atoms with E-state index in [1.54, 1.807) is 6.20 Å². The predicted molar refractivity (Wildman–Crippen MR) is 238 cm³/mol. The number of aryl methyl sites for hydroxylation is 1. The number of benzene rings is 2. The van der Waals surface area contributed by atoms with E-state index in [0.717, 1.165) is 147 Å². The van der Waals surface area contributed by atoms with Crippen LogP contribution in [0.2, 0.25) is 5.02 Å². The van der Waals surface area contributed by atoms with E-state index in [4.69, 9.17) is 21.7 Å². The van der Waals surface area contributed by atoms with Gasteiger partial charge in [-0.1, -0.05) is 62.2 Å². The third kappa shape index (κ3) is 7.85. The summed E-state index contributed by atoms with van der Waals surface area (Å²) in [7, 11) is 4.11. The number of likely N-dealkylation sites (N-methyl/N-ethyl adjacent to an activating group) is 1. The van der Waals surface area contributed by atoms with Crippen molar-refractivity contribution in [1.29, 1.82) is 0 Å². The first kappa shape index (κ1) is 38.5. The SMILES string of the molecule is C=CCCC1=Cc2cc(Nc3nc(N4CCC(CN5CCN(C(=C)c6cccc7c(C8CCC(=C)NC8=C)nn(C)c67)CC5)CC4)ncc3Cl)ccc2N(C)C1=C. The van der Waals surface area contributed by atoms with Gasteiger partial charge in [0.25, 0.3) is 0 Å². The molecule has 2 aromatic carbocycles. The average molecular weight is 783 g/mol. The molecule has 3 fully saturated rings. The van der Waals surface area contributed by atoms with Crippen LogP contribution >= 0.6 is 11.6 Å². The summed E-state index contributed by atoms with van der Waals surface area (Å²) < 4.78 is 2.03. The number of anilines is 4. The number of hydrogen-bond acceptors (Lipinski definition) is 9. The zero-order valence-electron chi connectivity index (χ0n) is 33.5. The summed E-state index contributed by atoms with van der Waals surface area (Å²) in [6.45, 7) is 28.1. The minimum Gasteiger partial charge on any atom is -0.369 e. The maximum Gasteiger partial charge on any atom is 0.227 e. The minimum absolute atomic E-state index is 0.168. The number of para-hydroxylation sites is 1. The lowest BCUT2D eigenvalue weighted by Crippen LogP contribution is -2.48. The van der Waals surface area contributed by atoms with Gasteiger partial charge in [-0.25, -0.2) is 4.98 Å². The number of hydrogen-bond donors (Lipinski definition) is 2.